The molecule has 0 amide bonds. The maximum atomic E-state index is 6.46. The molecule has 1 fully saturated rings. The largest absolute Gasteiger partial charge is 0.299 e. The van der Waals surface area contributed by atoms with Crippen molar-refractivity contribution in [3.05, 3.63) is 71.3 Å². The maximum absolute atomic E-state index is 6.46. The summed E-state index contributed by atoms with van der Waals surface area (Å²) in [6.07, 6.45) is 4.54. The Kier molecular flexibility index (Phi) is 5.08. The highest BCUT2D eigenvalue weighted by atomic mass is 35.5. The summed E-state index contributed by atoms with van der Waals surface area (Å²) in [4.78, 5) is 2.39. The van der Waals surface area contributed by atoms with E-state index in [2.05, 4.69) is 73.5 Å². The maximum Gasteiger partial charge on any atom is 0.0696 e. The van der Waals surface area contributed by atoms with Gasteiger partial charge < -0.3 is 0 Å². The Labute approximate surface area is 145 Å². The van der Waals surface area contributed by atoms with Crippen LogP contribution in [0.1, 0.15) is 42.9 Å². The first kappa shape index (κ1) is 16.5. The van der Waals surface area contributed by atoms with Gasteiger partial charge in [-0.3, -0.25) is 4.90 Å². The lowest BCUT2D eigenvalue weighted by molar-refractivity contribution is 0.238. The van der Waals surface area contributed by atoms with E-state index < -0.39 is 0 Å². The summed E-state index contributed by atoms with van der Waals surface area (Å²) in [7, 11) is 2.21. The molecule has 1 unspecified atom stereocenters. The molecule has 0 N–H and O–H groups in total. The van der Waals surface area contributed by atoms with E-state index >= 15 is 0 Å². The van der Waals surface area contributed by atoms with Crippen LogP contribution in [0.5, 0.6) is 0 Å². The quantitative estimate of drug-likeness (QED) is 0.618. The minimum atomic E-state index is -0.0400. The summed E-state index contributed by atoms with van der Waals surface area (Å²) >= 11 is 6.46. The highest BCUT2D eigenvalue weighted by molar-refractivity contribution is 6.25. The average molecular weight is 328 g/mol. The zero-order chi connectivity index (χ0) is 16.3. The molecule has 0 spiro atoms. The standard InChI is InChI=1S/C21H26ClN/c1-17(23(2)16-19-6-4-3-5-7-19)8-9-18-10-12-20(13-11-18)21(22)14-15-21/h3-7,10-13,17H,8-9,14-16H2,1-2H3. The van der Waals surface area contributed by atoms with Crippen molar-refractivity contribution in [2.24, 2.45) is 0 Å². The summed E-state index contributed by atoms with van der Waals surface area (Å²) in [6, 6.07) is 20.2. The Balaban J connectivity index is 1.49. The average Bonchev–Trinajstić information content (AvgIpc) is 3.33. The molecule has 1 nitrogen and oxygen atoms in total. The zero-order valence-electron chi connectivity index (χ0n) is 14.1. The predicted molar refractivity (Wildman–Crippen MR) is 98.9 cm³/mol. The highest BCUT2D eigenvalue weighted by Gasteiger charge is 2.41. The van der Waals surface area contributed by atoms with Gasteiger partial charge in [0.05, 0.1) is 4.87 Å². The number of alkyl halides is 1. The van der Waals surface area contributed by atoms with Crippen molar-refractivity contribution in [3.8, 4) is 0 Å². The smallest absolute Gasteiger partial charge is 0.0696 e. The fourth-order valence-corrected chi connectivity index (χ4v) is 3.21. The monoisotopic (exact) mass is 327 g/mol. The van der Waals surface area contributed by atoms with E-state index in [1.165, 1.54) is 23.1 Å². The topological polar surface area (TPSA) is 3.24 Å². The predicted octanol–water partition coefficient (Wildman–Crippen LogP) is 5.37. The van der Waals surface area contributed by atoms with Crippen LogP contribution in [0.4, 0.5) is 0 Å². The van der Waals surface area contributed by atoms with Crippen molar-refractivity contribution in [3.63, 3.8) is 0 Å². The van der Waals surface area contributed by atoms with Crippen molar-refractivity contribution in [1.29, 1.82) is 0 Å². The van der Waals surface area contributed by atoms with Gasteiger partial charge in [-0.1, -0.05) is 54.6 Å². The van der Waals surface area contributed by atoms with E-state index in [0.29, 0.717) is 6.04 Å². The minimum Gasteiger partial charge on any atom is -0.299 e. The lowest BCUT2D eigenvalue weighted by Gasteiger charge is -2.25. The van der Waals surface area contributed by atoms with Crippen molar-refractivity contribution in [1.82, 2.24) is 4.90 Å². The van der Waals surface area contributed by atoms with Gasteiger partial charge in [-0.15, -0.1) is 11.6 Å². The van der Waals surface area contributed by atoms with Crippen LogP contribution in [0.3, 0.4) is 0 Å². The van der Waals surface area contributed by atoms with Crippen LogP contribution in [0, 0.1) is 0 Å². The van der Waals surface area contributed by atoms with Gasteiger partial charge in [0.15, 0.2) is 0 Å². The van der Waals surface area contributed by atoms with Gasteiger partial charge in [0.2, 0.25) is 0 Å². The van der Waals surface area contributed by atoms with Gasteiger partial charge in [-0.2, -0.15) is 0 Å². The van der Waals surface area contributed by atoms with Crippen LogP contribution >= 0.6 is 11.6 Å². The molecule has 2 aromatic carbocycles. The molecule has 0 heterocycles. The summed E-state index contributed by atoms with van der Waals surface area (Å²) < 4.78 is 0. The third-order valence-corrected chi connectivity index (χ3v) is 5.63. The molecule has 0 aromatic heterocycles. The molecule has 0 saturated heterocycles. The van der Waals surface area contributed by atoms with Gasteiger partial charge in [0.1, 0.15) is 0 Å². The lowest BCUT2D eigenvalue weighted by Crippen LogP contribution is -2.29. The van der Waals surface area contributed by atoms with Crippen molar-refractivity contribution in [2.75, 3.05) is 7.05 Å². The van der Waals surface area contributed by atoms with Crippen molar-refractivity contribution < 1.29 is 0 Å². The van der Waals surface area contributed by atoms with E-state index in [1.807, 2.05) is 0 Å². The number of rotatable bonds is 7. The van der Waals surface area contributed by atoms with E-state index in [9.17, 15) is 0 Å². The molecule has 0 aliphatic heterocycles. The molecule has 1 saturated carbocycles. The zero-order valence-corrected chi connectivity index (χ0v) is 14.9. The molecule has 1 aliphatic rings. The van der Waals surface area contributed by atoms with Crippen LogP contribution in [0.2, 0.25) is 0 Å². The molecule has 2 heteroatoms. The Bertz CT molecular complexity index is 616. The number of halogens is 1. The third-order valence-electron chi connectivity index (χ3n) is 5.04. The molecule has 1 aliphatic carbocycles. The van der Waals surface area contributed by atoms with Crippen LogP contribution in [0.25, 0.3) is 0 Å². The van der Waals surface area contributed by atoms with E-state index in [1.54, 1.807) is 0 Å². The third kappa shape index (κ3) is 4.37. The lowest BCUT2D eigenvalue weighted by atomic mass is 10.0. The van der Waals surface area contributed by atoms with E-state index in [4.69, 9.17) is 11.6 Å². The first-order chi connectivity index (χ1) is 11.1. The number of aryl methyl sites for hydroxylation is 1. The van der Waals surface area contributed by atoms with Gasteiger partial charge in [0.25, 0.3) is 0 Å². The van der Waals surface area contributed by atoms with Crippen LogP contribution in [0.15, 0.2) is 54.6 Å². The number of nitrogens with zero attached hydrogens (tertiary/aromatic N) is 1. The van der Waals surface area contributed by atoms with Crippen molar-refractivity contribution >= 4 is 11.6 Å². The minimum absolute atomic E-state index is 0.0400. The first-order valence-electron chi connectivity index (χ1n) is 8.59. The Hall–Kier alpha value is -1.31. The fourth-order valence-electron chi connectivity index (χ4n) is 2.99. The van der Waals surface area contributed by atoms with Gasteiger partial charge >= 0.3 is 0 Å². The molecule has 0 bridgehead atoms. The molecule has 1 atom stereocenters. The molecule has 2 aromatic rings. The molecule has 122 valence electrons. The molecule has 3 rings (SSSR count). The number of hydrogen-bond donors (Lipinski definition) is 0. The number of hydrogen-bond acceptors (Lipinski definition) is 1. The molecule has 23 heavy (non-hydrogen) atoms. The summed E-state index contributed by atoms with van der Waals surface area (Å²) in [6.45, 7) is 3.32. The van der Waals surface area contributed by atoms with Gasteiger partial charge in [-0.25, -0.2) is 0 Å². The Morgan fingerprint density at radius 3 is 2.26 bits per heavy atom. The van der Waals surface area contributed by atoms with E-state index in [-0.39, 0.29) is 4.87 Å². The van der Waals surface area contributed by atoms with Crippen LogP contribution < -0.4 is 0 Å². The van der Waals surface area contributed by atoms with Crippen molar-refractivity contribution in [2.45, 2.75) is 50.1 Å². The normalized spacial score (nSPS) is 17.2. The van der Waals surface area contributed by atoms with Crippen LogP contribution in [-0.4, -0.2) is 18.0 Å². The summed E-state index contributed by atoms with van der Waals surface area (Å²) in [5, 5.41) is 0. The van der Waals surface area contributed by atoms with E-state index in [0.717, 1.165) is 25.8 Å². The molecular formula is C21H26ClN. The van der Waals surface area contributed by atoms with Crippen LogP contribution in [-0.2, 0) is 17.8 Å². The molecular weight excluding hydrogens is 302 g/mol. The second-order valence-electron chi connectivity index (χ2n) is 6.95. The Morgan fingerprint density at radius 1 is 1.00 bits per heavy atom. The summed E-state index contributed by atoms with van der Waals surface area (Å²) in [5.74, 6) is 0. The highest BCUT2D eigenvalue weighted by Crippen LogP contribution is 2.51. The first-order valence-corrected chi connectivity index (χ1v) is 8.97. The second-order valence-corrected chi connectivity index (χ2v) is 7.67. The molecule has 0 radical (unpaired) electrons. The fraction of sp³-hybridized carbons (Fsp3) is 0.429. The SMILES string of the molecule is CC(CCc1ccc(C2(Cl)CC2)cc1)N(C)Cc1ccccc1. The summed E-state index contributed by atoms with van der Waals surface area (Å²) in [5.41, 5.74) is 4.08. The number of benzene rings is 2. The second kappa shape index (κ2) is 7.07. The van der Waals surface area contributed by atoms with Gasteiger partial charge in [-0.05, 0) is 56.3 Å². The van der Waals surface area contributed by atoms with Gasteiger partial charge in [0, 0.05) is 12.6 Å². The Morgan fingerprint density at radius 2 is 1.65 bits per heavy atom.